The Morgan fingerprint density at radius 1 is 1.50 bits per heavy atom. The molecule has 0 spiro atoms. The van der Waals surface area contributed by atoms with Crippen LogP contribution in [0.25, 0.3) is 0 Å². The first kappa shape index (κ1) is 13.6. The molecular weight excluding hydrogens is 311 g/mol. The second-order valence-electron chi connectivity index (χ2n) is 4.24. The second kappa shape index (κ2) is 5.05. The molecule has 2 rings (SSSR count). The highest BCUT2D eigenvalue weighted by Crippen LogP contribution is 2.37. The molecule has 1 saturated heterocycles. The minimum atomic E-state index is -4.39. The topological polar surface area (TPSA) is 28.2 Å². The van der Waals surface area contributed by atoms with Crippen molar-refractivity contribution in [1.29, 1.82) is 0 Å². The van der Waals surface area contributed by atoms with Crippen molar-refractivity contribution in [2.45, 2.75) is 18.6 Å². The Hall–Kier alpha value is -0.820. The van der Waals surface area contributed by atoms with Gasteiger partial charge in [0.05, 0.1) is 5.56 Å². The molecule has 1 fully saturated rings. The van der Waals surface area contributed by atoms with Crippen molar-refractivity contribution in [2.75, 3.05) is 25.0 Å². The molecule has 0 saturated carbocycles. The lowest BCUT2D eigenvalue weighted by molar-refractivity contribution is -0.137. The molecule has 1 N–H and O–H groups in total. The summed E-state index contributed by atoms with van der Waals surface area (Å²) in [5.74, 6) is 0.0171. The Labute approximate surface area is 112 Å². The van der Waals surface area contributed by atoms with Gasteiger partial charge in [-0.05, 0) is 35.5 Å². The Kier molecular flexibility index (Phi) is 3.82. The molecule has 7 heteroatoms. The van der Waals surface area contributed by atoms with Crippen LogP contribution >= 0.6 is 15.9 Å². The maximum atomic E-state index is 13.0. The van der Waals surface area contributed by atoms with Crippen LogP contribution in [0.3, 0.4) is 0 Å². The highest BCUT2D eigenvalue weighted by molar-refractivity contribution is 9.10. The van der Waals surface area contributed by atoms with E-state index in [1.54, 1.807) is 4.90 Å². The van der Waals surface area contributed by atoms with Gasteiger partial charge < -0.3 is 10.2 Å². The first-order chi connectivity index (χ1) is 8.41. The van der Waals surface area contributed by atoms with E-state index in [1.165, 1.54) is 6.20 Å². The van der Waals surface area contributed by atoms with E-state index in [0.29, 0.717) is 17.6 Å². The number of aromatic nitrogens is 1. The number of pyridine rings is 1. The Bertz CT molecular complexity index is 436. The highest BCUT2D eigenvalue weighted by Gasteiger charge is 2.37. The molecule has 18 heavy (non-hydrogen) atoms. The molecule has 1 aliphatic heterocycles. The number of likely N-dealkylation sites (N-methyl/N-ethyl adjacent to an activating group) is 1. The number of nitrogens with zero attached hydrogens (tertiary/aromatic N) is 2. The lowest BCUT2D eigenvalue weighted by Gasteiger charge is -2.22. The SMILES string of the molecule is CNC1CCN(c2ncc(Br)cc2C(F)(F)F)C1. The number of anilines is 1. The molecule has 1 atom stereocenters. The highest BCUT2D eigenvalue weighted by atomic mass is 79.9. The van der Waals surface area contributed by atoms with E-state index >= 15 is 0 Å². The van der Waals surface area contributed by atoms with E-state index in [1.807, 2.05) is 7.05 Å². The standard InChI is InChI=1S/C11H13BrF3N3/c1-16-8-2-3-18(6-8)10-9(11(13,14)15)4-7(12)5-17-10/h4-5,8,16H,2-3,6H2,1H3. The van der Waals surface area contributed by atoms with Crippen LogP contribution in [0.1, 0.15) is 12.0 Å². The average molecular weight is 324 g/mol. The number of hydrogen-bond donors (Lipinski definition) is 1. The van der Waals surface area contributed by atoms with Crippen molar-refractivity contribution < 1.29 is 13.2 Å². The molecule has 1 aliphatic rings. The Morgan fingerprint density at radius 2 is 2.22 bits per heavy atom. The third-order valence-electron chi connectivity index (χ3n) is 3.03. The number of rotatable bonds is 2. The lowest BCUT2D eigenvalue weighted by Crippen LogP contribution is -2.31. The Balaban J connectivity index is 2.33. The largest absolute Gasteiger partial charge is 0.419 e. The smallest absolute Gasteiger partial charge is 0.354 e. The zero-order chi connectivity index (χ0) is 13.3. The molecule has 0 amide bonds. The summed E-state index contributed by atoms with van der Waals surface area (Å²) in [6, 6.07) is 1.30. The third-order valence-corrected chi connectivity index (χ3v) is 3.47. The lowest BCUT2D eigenvalue weighted by atomic mass is 10.2. The number of alkyl halides is 3. The molecule has 1 aromatic rings. The molecule has 2 heterocycles. The minimum absolute atomic E-state index is 0.0171. The van der Waals surface area contributed by atoms with E-state index in [9.17, 15) is 13.2 Å². The van der Waals surface area contributed by atoms with Gasteiger partial charge in [0.2, 0.25) is 0 Å². The maximum absolute atomic E-state index is 13.0. The van der Waals surface area contributed by atoms with Gasteiger partial charge in [0, 0.05) is 29.8 Å². The number of nitrogens with one attached hydrogen (secondary N) is 1. The first-order valence-corrected chi connectivity index (χ1v) is 6.36. The van der Waals surface area contributed by atoms with Crippen molar-refractivity contribution in [3.63, 3.8) is 0 Å². The summed E-state index contributed by atoms with van der Waals surface area (Å²) in [5.41, 5.74) is -0.686. The van der Waals surface area contributed by atoms with Gasteiger partial charge in [-0.1, -0.05) is 0 Å². The van der Waals surface area contributed by atoms with Crippen LogP contribution in [0.2, 0.25) is 0 Å². The van der Waals surface area contributed by atoms with E-state index in [4.69, 9.17) is 0 Å². The monoisotopic (exact) mass is 323 g/mol. The number of halogens is 4. The van der Waals surface area contributed by atoms with Crippen molar-refractivity contribution in [3.8, 4) is 0 Å². The van der Waals surface area contributed by atoms with Gasteiger partial charge in [-0.15, -0.1) is 0 Å². The van der Waals surface area contributed by atoms with E-state index < -0.39 is 11.7 Å². The van der Waals surface area contributed by atoms with Crippen LogP contribution in [0.15, 0.2) is 16.7 Å². The molecular formula is C11H13BrF3N3. The summed E-state index contributed by atoms with van der Waals surface area (Å²) in [7, 11) is 1.81. The van der Waals surface area contributed by atoms with Crippen LogP contribution < -0.4 is 10.2 Å². The molecule has 100 valence electrons. The summed E-state index contributed by atoms with van der Waals surface area (Å²) in [6.45, 7) is 1.14. The second-order valence-corrected chi connectivity index (χ2v) is 5.16. The molecule has 1 unspecified atom stereocenters. The predicted octanol–water partition coefficient (Wildman–Crippen LogP) is 2.66. The van der Waals surface area contributed by atoms with Crippen LogP contribution in [0.5, 0.6) is 0 Å². The van der Waals surface area contributed by atoms with Gasteiger partial charge in [-0.2, -0.15) is 13.2 Å². The molecule has 1 aromatic heterocycles. The summed E-state index contributed by atoms with van der Waals surface area (Å²) in [6.07, 6.45) is -2.16. The van der Waals surface area contributed by atoms with E-state index in [2.05, 4.69) is 26.2 Å². The van der Waals surface area contributed by atoms with Crippen molar-refractivity contribution in [3.05, 3.63) is 22.3 Å². The van der Waals surface area contributed by atoms with Gasteiger partial charge in [0.15, 0.2) is 0 Å². The summed E-state index contributed by atoms with van der Waals surface area (Å²) < 4.78 is 39.2. The maximum Gasteiger partial charge on any atom is 0.419 e. The van der Waals surface area contributed by atoms with Gasteiger partial charge in [-0.25, -0.2) is 4.98 Å². The summed E-state index contributed by atoms with van der Waals surface area (Å²) in [4.78, 5) is 5.60. The zero-order valence-electron chi connectivity index (χ0n) is 9.76. The molecule has 0 radical (unpaired) electrons. The van der Waals surface area contributed by atoms with Gasteiger partial charge >= 0.3 is 6.18 Å². The quantitative estimate of drug-likeness (QED) is 0.907. The summed E-state index contributed by atoms with van der Waals surface area (Å²) >= 11 is 3.03. The minimum Gasteiger partial charge on any atom is -0.354 e. The normalized spacial score (nSPS) is 20.5. The van der Waals surface area contributed by atoms with Crippen LogP contribution in [0, 0.1) is 0 Å². The van der Waals surface area contributed by atoms with Gasteiger partial charge in [0.1, 0.15) is 5.82 Å². The molecule has 0 aliphatic carbocycles. The van der Waals surface area contributed by atoms with Gasteiger partial charge in [-0.3, -0.25) is 0 Å². The van der Waals surface area contributed by atoms with Crippen LogP contribution in [-0.4, -0.2) is 31.2 Å². The molecule has 0 bridgehead atoms. The van der Waals surface area contributed by atoms with Gasteiger partial charge in [0.25, 0.3) is 0 Å². The fourth-order valence-corrected chi connectivity index (χ4v) is 2.41. The fourth-order valence-electron chi connectivity index (χ4n) is 2.08. The number of hydrogen-bond acceptors (Lipinski definition) is 3. The molecule has 0 aromatic carbocycles. The fraction of sp³-hybridized carbons (Fsp3) is 0.545. The van der Waals surface area contributed by atoms with Crippen molar-refractivity contribution >= 4 is 21.7 Å². The molecule has 3 nitrogen and oxygen atoms in total. The zero-order valence-corrected chi connectivity index (χ0v) is 11.3. The van der Waals surface area contributed by atoms with Crippen LogP contribution in [0.4, 0.5) is 19.0 Å². The van der Waals surface area contributed by atoms with E-state index in [0.717, 1.165) is 12.5 Å². The van der Waals surface area contributed by atoms with Crippen molar-refractivity contribution in [1.82, 2.24) is 10.3 Å². The van der Waals surface area contributed by atoms with Crippen LogP contribution in [-0.2, 0) is 6.18 Å². The third kappa shape index (κ3) is 2.77. The Morgan fingerprint density at radius 3 is 2.78 bits per heavy atom. The average Bonchev–Trinajstić information content (AvgIpc) is 2.76. The summed E-state index contributed by atoms with van der Waals surface area (Å²) in [5, 5.41) is 3.07. The van der Waals surface area contributed by atoms with E-state index in [-0.39, 0.29) is 11.9 Å². The van der Waals surface area contributed by atoms with Crippen molar-refractivity contribution in [2.24, 2.45) is 0 Å². The predicted molar refractivity (Wildman–Crippen MR) is 66.6 cm³/mol. The first-order valence-electron chi connectivity index (χ1n) is 5.56.